The maximum Gasteiger partial charge on any atom is 0.130 e. The summed E-state index contributed by atoms with van der Waals surface area (Å²) in [4.78, 5) is 0. The summed E-state index contributed by atoms with van der Waals surface area (Å²) in [6.07, 6.45) is 0. The van der Waals surface area contributed by atoms with Crippen LogP contribution in [0.2, 0.25) is 0 Å². The van der Waals surface area contributed by atoms with Crippen LogP contribution in [0.25, 0.3) is 22.3 Å². The first-order valence-corrected chi connectivity index (χ1v) is 7.01. The molecule has 0 heterocycles. The third-order valence-electron chi connectivity index (χ3n) is 3.67. The molecule has 0 unspecified atom stereocenters. The van der Waals surface area contributed by atoms with E-state index in [0.29, 0.717) is 0 Å². The second-order valence-electron chi connectivity index (χ2n) is 4.97. The van der Waals surface area contributed by atoms with Gasteiger partial charge in [0.15, 0.2) is 0 Å². The molecule has 0 aliphatic rings. The van der Waals surface area contributed by atoms with Gasteiger partial charge in [-0.25, -0.2) is 0 Å². The highest BCUT2D eigenvalue weighted by Gasteiger charge is 2.13. The van der Waals surface area contributed by atoms with Gasteiger partial charge in [0.05, 0.1) is 7.11 Å². The molecule has 3 aromatic carbocycles. The van der Waals surface area contributed by atoms with Gasteiger partial charge in [0.2, 0.25) is 0 Å². The fourth-order valence-electron chi connectivity index (χ4n) is 2.63. The Morgan fingerprint density at radius 1 is 0.810 bits per heavy atom. The molecule has 0 aliphatic carbocycles. The maximum absolute atomic E-state index is 5.67. The van der Waals surface area contributed by atoms with Gasteiger partial charge in [-0.2, -0.15) is 0 Å². The summed E-state index contributed by atoms with van der Waals surface area (Å²) in [5, 5.41) is 0. The summed E-state index contributed by atoms with van der Waals surface area (Å²) >= 11 is 0. The smallest absolute Gasteiger partial charge is 0.130 e. The molecule has 3 rings (SSSR count). The molecule has 1 nitrogen and oxygen atoms in total. The van der Waals surface area contributed by atoms with Crippen LogP contribution in [-0.2, 0) is 0 Å². The number of ether oxygens (including phenoxy) is 1. The first-order chi connectivity index (χ1) is 10.3. The number of rotatable bonds is 3. The summed E-state index contributed by atoms with van der Waals surface area (Å²) in [5.74, 6) is 0.916. The minimum Gasteiger partial charge on any atom is -0.496 e. The van der Waals surface area contributed by atoms with E-state index in [2.05, 4.69) is 37.3 Å². The van der Waals surface area contributed by atoms with Crippen molar-refractivity contribution in [3.8, 4) is 28.0 Å². The fraction of sp³-hybridized carbons (Fsp3) is 0.100. The first kappa shape index (κ1) is 13.4. The Labute approximate surface area is 125 Å². The molecule has 0 atom stereocenters. The average molecular weight is 273 g/mol. The Balaban J connectivity index is 2.17. The summed E-state index contributed by atoms with van der Waals surface area (Å²) < 4.78 is 5.67. The molecule has 21 heavy (non-hydrogen) atoms. The van der Waals surface area contributed by atoms with E-state index in [1.165, 1.54) is 0 Å². The van der Waals surface area contributed by atoms with E-state index in [-0.39, 0.29) is 0 Å². The predicted molar refractivity (Wildman–Crippen MR) is 87.4 cm³/mol. The number of methoxy groups -OCH3 is 1. The van der Waals surface area contributed by atoms with Crippen molar-refractivity contribution in [3.63, 3.8) is 0 Å². The van der Waals surface area contributed by atoms with Gasteiger partial charge in [-0.05, 0) is 35.7 Å². The van der Waals surface area contributed by atoms with Gasteiger partial charge in [-0.3, -0.25) is 0 Å². The van der Waals surface area contributed by atoms with Crippen molar-refractivity contribution >= 4 is 0 Å². The standard InChI is InChI=1S/C20H17O/c1-15-18(16-9-5-3-6-10-16)13-14-19(20(15)21-2)17-11-7-4-8-12-17/h3-12,14H,1-2H3. The van der Waals surface area contributed by atoms with Gasteiger partial charge < -0.3 is 4.74 Å². The highest BCUT2D eigenvalue weighted by molar-refractivity contribution is 5.79. The van der Waals surface area contributed by atoms with Gasteiger partial charge in [-0.15, -0.1) is 0 Å². The monoisotopic (exact) mass is 273 g/mol. The molecule has 103 valence electrons. The van der Waals surface area contributed by atoms with Gasteiger partial charge in [0, 0.05) is 11.1 Å². The molecule has 0 saturated heterocycles. The molecular formula is C20H17O. The Morgan fingerprint density at radius 2 is 1.38 bits per heavy atom. The predicted octanol–water partition coefficient (Wildman–Crippen LogP) is 5.14. The van der Waals surface area contributed by atoms with E-state index in [0.717, 1.165) is 33.6 Å². The highest BCUT2D eigenvalue weighted by atomic mass is 16.5. The number of benzene rings is 3. The lowest BCUT2D eigenvalue weighted by molar-refractivity contribution is 0.413. The molecular weight excluding hydrogens is 256 g/mol. The van der Waals surface area contributed by atoms with Crippen molar-refractivity contribution in [1.82, 2.24) is 0 Å². The normalized spacial score (nSPS) is 10.4. The minimum absolute atomic E-state index is 0.916. The average Bonchev–Trinajstić information content (AvgIpc) is 2.56. The molecule has 0 aliphatic heterocycles. The summed E-state index contributed by atoms with van der Waals surface area (Å²) in [6, 6.07) is 26.0. The van der Waals surface area contributed by atoms with Crippen molar-refractivity contribution in [3.05, 3.63) is 78.4 Å². The maximum atomic E-state index is 5.67. The van der Waals surface area contributed by atoms with Crippen molar-refractivity contribution in [2.75, 3.05) is 7.11 Å². The van der Waals surface area contributed by atoms with Crippen LogP contribution in [0, 0.1) is 13.0 Å². The number of hydrogen-bond donors (Lipinski definition) is 0. The third-order valence-corrected chi connectivity index (χ3v) is 3.67. The molecule has 0 aromatic heterocycles. The van der Waals surface area contributed by atoms with Crippen LogP contribution >= 0.6 is 0 Å². The van der Waals surface area contributed by atoms with Crippen LogP contribution in [-0.4, -0.2) is 7.11 Å². The van der Waals surface area contributed by atoms with Gasteiger partial charge >= 0.3 is 0 Å². The Morgan fingerprint density at radius 3 is 1.95 bits per heavy atom. The second kappa shape index (κ2) is 5.84. The van der Waals surface area contributed by atoms with Crippen LogP contribution in [0.15, 0.2) is 66.7 Å². The van der Waals surface area contributed by atoms with Crippen molar-refractivity contribution < 1.29 is 4.74 Å². The SMILES string of the molecule is COc1c(-c2ccccc2)c[c]c(-c2ccccc2)c1C. The van der Waals surface area contributed by atoms with E-state index < -0.39 is 0 Å². The molecule has 0 fully saturated rings. The Bertz CT molecular complexity index is 731. The lowest BCUT2D eigenvalue weighted by Gasteiger charge is -2.15. The minimum atomic E-state index is 0.916. The quantitative estimate of drug-likeness (QED) is 0.642. The zero-order valence-corrected chi connectivity index (χ0v) is 12.3. The van der Waals surface area contributed by atoms with Gasteiger partial charge in [0.25, 0.3) is 0 Å². The Hall–Kier alpha value is -2.54. The van der Waals surface area contributed by atoms with E-state index in [4.69, 9.17) is 4.74 Å². The van der Waals surface area contributed by atoms with Crippen LogP contribution in [0.3, 0.4) is 0 Å². The van der Waals surface area contributed by atoms with Crippen molar-refractivity contribution in [1.29, 1.82) is 0 Å². The van der Waals surface area contributed by atoms with Crippen molar-refractivity contribution in [2.24, 2.45) is 0 Å². The summed E-state index contributed by atoms with van der Waals surface area (Å²) in [5.41, 5.74) is 5.59. The molecule has 0 spiro atoms. The van der Waals surface area contributed by atoms with Crippen LogP contribution < -0.4 is 4.74 Å². The van der Waals surface area contributed by atoms with E-state index in [9.17, 15) is 0 Å². The zero-order chi connectivity index (χ0) is 14.7. The first-order valence-electron chi connectivity index (χ1n) is 7.01. The molecule has 1 radical (unpaired) electrons. The summed E-state index contributed by atoms with van der Waals surface area (Å²) in [6.45, 7) is 2.09. The van der Waals surface area contributed by atoms with Crippen LogP contribution in [0.1, 0.15) is 5.56 Å². The van der Waals surface area contributed by atoms with E-state index in [1.807, 2.05) is 42.5 Å². The molecule has 3 aromatic rings. The van der Waals surface area contributed by atoms with Crippen LogP contribution in [0.5, 0.6) is 5.75 Å². The van der Waals surface area contributed by atoms with Crippen molar-refractivity contribution in [2.45, 2.75) is 6.92 Å². The lowest BCUT2D eigenvalue weighted by atomic mass is 9.94. The Kier molecular flexibility index (Phi) is 3.74. The second-order valence-corrected chi connectivity index (χ2v) is 4.97. The molecule has 0 N–H and O–H groups in total. The molecule has 0 bridgehead atoms. The third kappa shape index (κ3) is 2.55. The highest BCUT2D eigenvalue weighted by Crippen LogP contribution is 2.37. The largest absolute Gasteiger partial charge is 0.496 e. The topological polar surface area (TPSA) is 9.23 Å². The zero-order valence-electron chi connectivity index (χ0n) is 12.3. The molecule has 0 amide bonds. The van der Waals surface area contributed by atoms with Gasteiger partial charge in [0.1, 0.15) is 5.75 Å². The fourth-order valence-corrected chi connectivity index (χ4v) is 2.63. The molecule has 0 saturated carbocycles. The molecule has 1 heteroatoms. The lowest BCUT2D eigenvalue weighted by Crippen LogP contribution is -1.94. The van der Waals surface area contributed by atoms with E-state index in [1.54, 1.807) is 7.11 Å². The van der Waals surface area contributed by atoms with Crippen LogP contribution in [0.4, 0.5) is 0 Å². The summed E-state index contributed by atoms with van der Waals surface area (Å²) in [7, 11) is 1.73. The van der Waals surface area contributed by atoms with Gasteiger partial charge in [-0.1, -0.05) is 60.7 Å². The van der Waals surface area contributed by atoms with E-state index >= 15 is 0 Å². The number of hydrogen-bond acceptors (Lipinski definition) is 1.